The van der Waals surface area contributed by atoms with Gasteiger partial charge in [-0.3, -0.25) is 24.0 Å². The molecular formula is C102H142F4O17. The first-order valence-corrected chi connectivity index (χ1v) is 50.9. The van der Waals surface area contributed by atoms with Crippen LogP contribution in [0.1, 0.15) is 304 Å². The van der Waals surface area contributed by atoms with Crippen molar-refractivity contribution in [1.82, 2.24) is 0 Å². The molecule has 32 saturated carbocycles. The minimum absolute atomic E-state index is 0.0121. The van der Waals surface area contributed by atoms with E-state index in [1.165, 1.54) is 141 Å². The molecule has 36 fully saturated rings. The maximum absolute atomic E-state index is 13.8. The van der Waals surface area contributed by atoms with Gasteiger partial charge in [-0.25, -0.2) is 0 Å². The number of Topliss-reactive ketones (excluding diaryl/α,β-unsaturated/α-hetero) is 1. The molecule has 0 aromatic heterocycles. The molecule has 4 aliphatic heterocycles. The number of esters is 4. The molecule has 14 unspecified atom stereocenters. The second kappa shape index (κ2) is 28.0. The van der Waals surface area contributed by atoms with Gasteiger partial charge in [0.2, 0.25) is 0 Å². The number of ketones is 1. The Bertz CT molecular complexity index is 3950. The Kier molecular flexibility index (Phi) is 18.7. The highest BCUT2D eigenvalue weighted by Gasteiger charge is 2.73. The van der Waals surface area contributed by atoms with Crippen LogP contribution in [0.4, 0.5) is 17.6 Å². The summed E-state index contributed by atoms with van der Waals surface area (Å²) in [5.41, 5.74) is 0.478. The molecule has 14 atom stereocenters. The van der Waals surface area contributed by atoms with E-state index in [0.717, 1.165) is 158 Å². The Morgan fingerprint density at radius 1 is 0.276 bits per heavy atom. The molecule has 0 N–H and O–H groups in total. The van der Waals surface area contributed by atoms with E-state index in [0.29, 0.717) is 144 Å². The van der Waals surface area contributed by atoms with Crippen LogP contribution in [-0.2, 0) is 80.8 Å². The monoisotopic (exact) mass is 1720 g/mol. The van der Waals surface area contributed by atoms with Crippen molar-refractivity contribution in [2.45, 2.75) is 363 Å². The van der Waals surface area contributed by atoms with Gasteiger partial charge in [0.1, 0.15) is 69.8 Å². The summed E-state index contributed by atoms with van der Waals surface area (Å²) in [5, 5.41) is 0. The Hall–Kier alpha value is -3.05. The van der Waals surface area contributed by atoms with Gasteiger partial charge in [0.05, 0.1) is 34.9 Å². The van der Waals surface area contributed by atoms with Crippen LogP contribution >= 0.6 is 0 Å². The first kappa shape index (κ1) is 81.9. The number of hydrogen-bond acceptors (Lipinski definition) is 17. The van der Waals surface area contributed by atoms with Gasteiger partial charge in [-0.15, -0.1) is 0 Å². The molecule has 123 heavy (non-hydrogen) atoms. The second-order valence-electron chi connectivity index (χ2n) is 51.9. The van der Waals surface area contributed by atoms with Gasteiger partial charge in [-0.2, -0.15) is 17.6 Å². The van der Waals surface area contributed by atoms with Gasteiger partial charge in [-0.05, 0) is 381 Å². The third kappa shape index (κ3) is 13.1. The van der Waals surface area contributed by atoms with Crippen LogP contribution in [0.3, 0.4) is 0 Å². The molecule has 4 spiro atoms. The van der Waals surface area contributed by atoms with E-state index in [9.17, 15) is 41.5 Å². The van der Waals surface area contributed by atoms with Crippen molar-refractivity contribution < 1.29 is 98.4 Å². The number of hydrogen-bond donors (Lipinski definition) is 0. The summed E-state index contributed by atoms with van der Waals surface area (Å²) in [7, 11) is 0. The van der Waals surface area contributed by atoms with Crippen LogP contribution in [0.2, 0.25) is 0 Å². The summed E-state index contributed by atoms with van der Waals surface area (Å²) < 4.78 is 130. The van der Waals surface area contributed by atoms with Crippen molar-refractivity contribution in [2.24, 2.45) is 185 Å². The summed E-state index contributed by atoms with van der Waals surface area (Å²) >= 11 is 0. The number of carbonyl (C=O) groups excluding carboxylic acids is 5. The Morgan fingerprint density at radius 3 is 0.789 bits per heavy atom. The highest BCUT2D eigenvalue weighted by molar-refractivity contribution is 5.90. The van der Waals surface area contributed by atoms with Crippen LogP contribution in [-0.4, -0.2) is 142 Å². The van der Waals surface area contributed by atoms with Gasteiger partial charge >= 0.3 is 35.7 Å². The molecule has 680 valence electrons. The molecular weight excluding hydrogens is 1570 g/mol. The van der Waals surface area contributed by atoms with Crippen molar-refractivity contribution in [2.75, 3.05) is 52.9 Å². The lowest BCUT2D eigenvalue weighted by atomic mass is 9.48. The molecule has 17 nitrogen and oxygen atoms in total. The fraction of sp³-hybridized carbons (Fsp3) is 0.951. The zero-order valence-electron chi connectivity index (χ0n) is 74.2. The number of rotatable bonds is 12. The summed E-state index contributed by atoms with van der Waals surface area (Å²) in [6.45, 7) is 9.41. The average molecular weight is 1720 g/mol. The fourth-order valence-electron chi connectivity index (χ4n) is 40.2. The van der Waals surface area contributed by atoms with Crippen LogP contribution in [0.5, 0.6) is 0 Å². The maximum Gasteiger partial charge on any atom is 0.335 e. The minimum atomic E-state index is -4.16. The average Bonchev–Trinajstić information content (AvgIpc) is 1.67. The number of ether oxygens (including phenoxy) is 12. The van der Waals surface area contributed by atoms with Crippen molar-refractivity contribution in [3.05, 3.63) is 0 Å². The number of alkyl halides is 4. The lowest BCUT2D eigenvalue weighted by Gasteiger charge is -2.63. The summed E-state index contributed by atoms with van der Waals surface area (Å²) in [6, 6.07) is 0. The largest absolute Gasteiger partial charge is 0.462 e. The molecule has 36 aliphatic rings. The first-order chi connectivity index (χ1) is 58.6. The van der Waals surface area contributed by atoms with E-state index in [4.69, 9.17) is 56.8 Å². The Balaban J connectivity index is 0.0000000930. The third-order valence-corrected chi connectivity index (χ3v) is 42.2. The van der Waals surface area contributed by atoms with Gasteiger partial charge in [0.25, 0.3) is 0 Å². The highest BCUT2D eigenvalue weighted by atomic mass is 19.3. The zero-order valence-corrected chi connectivity index (χ0v) is 74.2. The standard InChI is InChI=1S/C37H52O6.C25H34O5.C25H36O4.C15H20F4O2/c1-34-10-27-8-28(17-34)37(29(9-27)18-34)42-30(19-40-32(38)35-11-21-2-22(12-35)4-23(3-21)13-35)31(43-37)20-41-33(39)36-14-24-5-25(15-36)7-26(6-24)16-36;1-23-6-15-4-18(10-23)25(19(5-15)11-23)29-13-20(30-25)12-28-22(27)24-7-14-2-16(8-24)21(26)17(3-14)9-24;1-23-7-18-5-19(11-23)25(20(6-18)12-23)28-14-21(29-25)13-27-22(26)24-8-15-2-16(9-24)4-17(3-15)10-24;1-12-4-9-2-10(5-12)15(11(3-9)6-12)20-7-13(16,17)14(18,19)8-21-15/h21-31H,2-20H2,1H3;14-20H,2-13H2,1H3;15-21H,2-14H2,1H3;9-11H,2-8H2,1H3. The van der Waals surface area contributed by atoms with E-state index < -0.39 is 47.8 Å². The van der Waals surface area contributed by atoms with Gasteiger partial charge in [0, 0.05) is 59.2 Å². The van der Waals surface area contributed by atoms with E-state index in [1.54, 1.807) is 0 Å². The molecule has 21 heteroatoms. The maximum atomic E-state index is 13.8. The SMILES string of the molecule is CC12CC3CC(C1)C1(OC(COC(=O)C45CC6CC(CC(C6)C4)C5)C(COC(=O)C45CC6CC(CC(C6)C4)C5)O1)C(C3)C2.CC12CC3CC(C1)C1(OCC(COC(=O)C45CC6CC(C4)C(=O)C(C6)C5)O1)C(C3)C2.CC12CC3CC(C1)C1(OCC(COC(=O)C45CC6CC(CC(C6)C4)C5)O1)C(C3)C2.CC12CC3CC(C1)C1(OCC(F)(F)C(F)(F)CO1)C(C3)C2. The molecule has 32 aliphatic carbocycles. The van der Waals surface area contributed by atoms with Gasteiger partial charge < -0.3 is 56.8 Å². The molecule has 36 rings (SSSR count). The normalized spacial score (nSPS) is 56.6. The lowest BCUT2D eigenvalue weighted by Crippen LogP contribution is -2.62. The van der Waals surface area contributed by atoms with Crippen molar-refractivity contribution >= 4 is 29.7 Å². The molecule has 4 heterocycles. The summed E-state index contributed by atoms with van der Waals surface area (Å²) in [5.74, 6) is 2.73. The van der Waals surface area contributed by atoms with E-state index in [-0.39, 0.29) is 113 Å². The van der Waals surface area contributed by atoms with E-state index in [2.05, 4.69) is 27.7 Å². The van der Waals surface area contributed by atoms with Crippen molar-refractivity contribution in [3.63, 3.8) is 0 Å². The number of halogens is 4. The van der Waals surface area contributed by atoms with Crippen molar-refractivity contribution in [3.8, 4) is 0 Å². The van der Waals surface area contributed by atoms with E-state index >= 15 is 0 Å². The molecule has 0 radical (unpaired) electrons. The summed E-state index contributed by atoms with van der Waals surface area (Å²) in [6.07, 6.45) is 47.9. The van der Waals surface area contributed by atoms with E-state index in [1.807, 2.05) is 0 Å². The Labute approximate surface area is 725 Å². The molecule has 32 bridgehead atoms. The predicted octanol–water partition coefficient (Wildman–Crippen LogP) is 19.3. The van der Waals surface area contributed by atoms with Crippen LogP contribution in [0.25, 0.3) is 0 Å². The summed E-state index contributed by atoms with van der Waals surface area (Å²) in [4.78, 5) is 66.5. The molecule has 0 aromatic carbocycles. The van der Waals surface area contributed by atoms with Crippen molar-refractivity contribution in [1.29, 1.82) is 0 Å². The van der Waals surface area contributed by atoms with Gasteiger partial charge in [-0.1, -0.05) is 27.7 Å². The van der Waals surface area contributed by atoms with Crippen LogP contribution < -0.4 is 0 Å². The number of carbonyl (C=O) groups is 5. The minimum Gasteiger partial charge on any atom is -0.462 e. The smallest absolute Gasteiger partial charge is 0.335 e. The quantitative estimate of drug-likeness (QED) is 0.102. The first-order valence-electron chi connectivity index (χ1n) is 50.9. The second-order valence-corrected chi connectivity index (χ2v) is 51.9. The topological polar surface area (TPSA) is 196 Å². The molecule has 0 aromatic rings. The molecule has 0 amide bonds. The van der Waals surface area contributed by atoms with Gasteiger partial charge in [0.15, 0.2) is 23.1 Å². The lowest BCUT2D eigenvalue weighted by molar-refractivity contribution is -0.346. The van der Waals surface area contributed by atoms with Crippen LogP contribution in [0.15, 0.2) is 0 Å². The fourth-order valence-corrected chi connectivity index (χ4v) is 40.2. The predicted molar refractivity (Wildman–Crippen MR) is 437 cm³/mol. The molecule has 4 saturated heterocycles. The third-order valence-electron chi connectivity index (χ3n) is 42.2. The Morgan fingerprint density at radius 2 is 0.512 bits per heavy atom. The van der Waals surface area contributed by atoms with Crippen LogP contribution in [0, 0.1) is 185 Å². The highest BCUT2D eigenvalue weighted by Crippen LogP contribution is 2.73. The zero-order chi connectivity index (χ0) is 83.6.